The maximum atomic E-state index is 10.6. The van der Waals surface area contributed by atoms with Gasteiger partial charge in [0.05, 0.1) is 21.3 Å². The van der Waals surface area contributed by atoms with E-state index >= 15 is 0 Å². The molecule has 0 aliphatic carbocycles. The van der Waals surface area contributed by atoms with Crippen molar-refractivity contribution in [1.29, 1.82) is 0 Å². The van der Waals surface area contributed by atoms with E-state index in [4.69, 9.17) is 11.6 Å². The van der Waals surface area contributed by atoms with Crippen LogP contribution in [0, 0.1) is 10.1 Å². The number of non-ortho nitro benzene ring substituents is 1. The molecule has 94 valence electrons. The first-order valence-corrected chi connectivity index (χ1v) is 5.63. The molecule has 0 aliphatic heterocycles. The molecule has 2 aromatic rings. The number of halogens is 1. The highest BCUT2D eigenvalue weighted by Crippen LogP contribution is 2.25. The molecular weight excluding hydrogens is 256 g/mol. The fraction of sp³-hybridized carbons (Fsp3) is 0.182. The summed E-state index contributed by atoms with van der Waals surface area (Å²) in [6.07, 6.45) is 1.76. The Labute approximate surface area is 108 Å². The van der Waals surface area contributed by atoms with Gasteiger partial charge >= 0.3 is 0 Å². The second-order valence-corrected chi connectivity index (χ2v) is 4.08. The van der Waals surface area contributed by atoms with E-state index in [2.05, 4.69) is 10.4 Å². The molecule has 0 fully saturated rings. The quantitative estimate of drug-likeness (QED) is 0.680. The summed E-state index contributed by atoms with van der Waals surface area (Å²) in [6.45, 7) is 0.650. The third kappa shape index (κ3) is 2.49. The predicted octanol–water partition coefficient (Wildman–Crippen LogP) is 2.15. The van der Waals surface area contributed by atoms with Gasteiger partial charge in [0.2, 0.25) is 0 Å². The number of nitro groups is 1. The van der Waals surface area contributed by atoms with Crippen molar-refractivity contribution in [2.75, 3.05) is 7.05 Å². The van der Waals surface area contributed by atoms with E-state index in [9.17, 15) is 10.1 Å². The summed E-state index contributed by atoms with van der Waals surface area (Å²) in [4.78, 5) is 10.1. The molecule has 0 radical (unpaired) electrons. The van der Waals surface area contributed by atoms with E-state index in [0.717, 1.165) is 5.69 Å². The van der Waals surface area contributed by atoms with E-state index in [0.29, 0.717) is 17.3 Å². The lowest BCUT2D eigenvalue weighted by molar-refractivity contribution is -0.384. The van der Waals surface area contributed by atoms with E-state index in [1.807, 2.05) is 13.1 Å². The zero-order chi connectivity index (χ0) is 13.1. The Morgan fingerprint density at radius 1 is 1.50 bits per heavy atom. The summed E-state index contributed by atoms with van der Waals surface area (Å²) in [5, 5.41) is 18.2. The number of hydrogen-bond acceptors (Lipinski definition) is 4. The predicted molar refractivity (Wildman–Crippen MR) is 68.0 cm³/mol. The Balaban J connectivity index is 2.35. The molecule has 0 saturated heterocycles. The van der Waals surface area contributed by atoms with Crippen LogP contribution in [0.2, 0.25) is 5.02 Å². The first-order chi connectivity index (χ1) is 8.61. The maximum absolute atomic E-state index is 10.6. The minimum absolute atomic E-state index is 0.0358. The fourth-order valence-electron chi connectivity index (χ4n) is 1.57. The number of nitro benzene ring substituents is 1. The minimum atomic E-state index is -0.481. The Bertz CT molecular complexity index is 582. The van der Waals surface area contributed by atoms with E-state index < -0.39 is 4.92 Å². The van der Waals surface area contributed by atoms with E-state index in [1.165, 1.54) is 12.1 Å². The van der Waals surface area contributed by atoms with Gasteiger partial charge in [-0.25, -0.2) is 4.68 Å². The molecule has 7 heteroatoms. The Morgan fingerprint density at radius 3 is 2.89 bits per heavy atom. The van der Waals surface area contributed by atoms with Crippen molar-refractivity contribution < 1.29 is 4.92 Å². The second kappa shape index (κ2) is 5.16. The third-order valence-corrected chi connectivity index (χ3v) is 2.69. The normalized spacial score (nSPS) is 10.6. The van der Waals surface area contributed by atoms with Gasteiger partial charge < -0.3 is 5.32 Å². The van der Waals surface area contributed by atoms with Gasteiger partial charge in [-0.2, -0.15) is 5.10 Å². The number of rotatable bonds is 4. The zero-order valence-corrected chi connectivity index (χ0v) is 10.4. The Morgan fingerprint density at radius 2 is 2.28 bits per heavy atom. The van der Waals surface area contributed by atoms with Gasteiger partial charge in [0.15, 0.2) is 0 Å². The third-order valence-electron chi connectivity index (χ3n) is 2.39. The van der Waals surface area contributed by atoms with Gasteiger partial charge in [0, 0.05) is 24.9 Å². The molecule has 0 aliphatic rings. The lowest BCUT2D eigenvalue weighted by Crippen LogP contribution is -2.06. The Kier molecular flexibility index (Phi) is 3.59. The first kappa shape index (κ1) is 12.5. The van der Waals surface area contributed by atoms with Crippen LogP contribution in [-0.4, -0.2) is 21.8 Å². The summed E-state index contributed by atoms with van der Waals surface area (Å²) in [6, 6.07) is 6.15. The number of aromatic nitrogens is 2. The molecule has 0 amide bonds. The molecule has 2 rings (SSSR count). The topological polar surface area (TPSA) is 73.0 Å². The van der Waals surface area contributed by atoms with Gasteiger partial charge in [-0.15, -0.1) is 0 Å². The number of benzene rings is 1. The number of hydrogen-bond donors (Lipinski definition) is 1. The lowest BCUT2D eigenvalue weighted by atomic mass is 10.3. The van der Waals surface area contributed by atoms with Crippen LogP contribution in [0.15, 0.2) is 30.5 Å². The maximum Gasteiger partial charge on any atom is 0.271 e. The Hall–Kier alpha value is -1.92. The average Bonchev–Trinajstić information content (AvgIpc) is 2.77. The van der Waals surface area contributed by atoms with Crippen molar-refractivity contribution in [2.24, 2.45) is 0 Å². The monoisotopic (exact) mass is 266 g/mol. The summed E-state index contributed by atoms with van der Waals surface area (Å²) in [5.41, 5.74) is 1.45. The summed E-state index contributed by atoms with van der Waals surface area (Å²) in [7, 11) is 1.83. The van der Waals surface area contributed by atoms with Crippen LogP contribution in [0.4, 0.5) is 5.69 Å². The van der Waals surface area contributed by atoms with Crippen molar-refractivity contribution in [3.05, 3.63) is 51.3 Å². The van der Waals surface area contributed by atoms with Crippen molar-refractivity contribution in [1.82, 2.24) is 15.1 Å². The van der Waals surface area contributed by atoms with Crippen molar-refractivity contribution in [2.45, 2.75) is 6.54 Å². The molecule has 1 aromatic heterocycles. The molecule has 0 atom stereocenters. The SMILES string of the molecule is CNCc1ccn(-c2ccc([N+](=O)[O-])cc2Cl)n1. The highest BCUT2D eigenvalue weighted by atomic mass is 35.5. The van der Waals surface area contributed by atoms with E-state index in [-0.39, 0.29) is 5.69 Å². The summed E-state index contributed by atoms with van der Waals surface area (Å²) in [5.74, 6) is 0. The average molecular weight is 267 g/mol. The van der Waals surface area contributed by atoms with Crippen LogP contribution in [0.1, 0.15) is 5.69 Å². The fourth-order valence-corrected chi connectivity index (χ4v) is 1.83. The number of nitrogens with zero attached hydrogens (tertiary/aromatic N) is 3. The number of nitrogens with one attached hydrogen (secondary N) is 1. The van der Waals surface area contributed by atoms with Crippen LogP contribution in [0.5, 0.6) is 0 Å². The smallest absolute Gasteiger partial charge is 0.271 e. The molecule has 0 bridgehead atoms. The first-order valence-electron chi connectivity index (χ1n) is 5.25. The zero-order valence-electron chi connectivity index (χ0n) is 9.63. The van der Waals surface area contributed by atoms with Crippen LogP contribution < -0.4 is 5.32 Å². The van der Waals surface area contributed by atoms with Gasteiger partial charge in [0.1, 0.15) is 0 Å². The highest BCUT2D eigenvalue weighted by Gasteiger charge is 2.11. The van der Waals surface area contributed by atoms with Gasteiger partial charge in [-0.1, -0.05) is 11.6 Å². The van der Waals surface area contributed by atoms with E-state index in [1.54, 1.807) is 16.9 Å². The lowest BCUT2D eigenvalue weighted by Gasteiger charge is -2.03. The van der Waals surface area contributed by atoms with Gasteiger partial charge in [0.25, 0.3) is 5.69 Å². The van der Waals surface area contributed by atoms with Crippen molar-refractivity contribution in [3.63, 3.8) is 0 Å². The van der Waals surface area contributed by atoms with Crippen LogP contribution in [-0.2, 0) is 6.54 Å². The molecule has 6 nitrogen and oxygen atoms in total. The minimum Gasteiger partial charge on any atom is -0.314 e. The molecule has 0 saturated carbocycles. The van der Waals surface area contributed by atoms with Crippen LogP contribution in [0.3, 0.4) is 0 Å². The van der Waals surface area contributed by atoms with Gasteiger partial charge in [-0.05, 0) is 19.2 Å². The summed E-state index contributed by atoms with van der Waals surface area (Å²) < 4.78 is 1.60. The molecule has 18 heavy (non-hydrogen) atoms. The highest BCUT2D eigenvalue weighted by molar-refractivity contribution is 6.32. The molecule has 1 heterocycles. The van der Waals surface area contributed by atoms with Crippen molar-refractivity contribution in [3.8, 4) is 5.69 Å². The van der Waals surface area contributed by atoms with Crippen LogP contribution >= 0.6 is 11.6 Å². The molecule has 1 aromatic carbocycles. The summed E-state index contributed by atoms with van der Waals surface area (Å²) >= 11 is 6.01. The molecular formula is C11H11ClN4O2. The standard InChI is InChI=1S/C11H11ClN4O2/c1-13-7-8-4-5-15(14-8)11-3-2-9(16(17)18)6-10(11)12/h2-6,13H,7H2,1H3. The molecule has 1 N–H and O–H groups in total. The van der Waals surface area contributed by atoms with Crippen LogP contribution in [0.25, 0.3) is 5.69 Å². The molecule has 0 unspecified atom stereocenters. The largest absolute Gasteiger partial charge is 0.314 e. The molecule has 0 spiro atoms. The van der Waals surface area contributed by atoms with Crippen molar-refractivity contribution >= 4 is 17.3 Å². The van der Waals surface area contributed by atoms with Gasteiger partial charge in [-0.3, -0.25) is 10.1 Å². The second-order valence-electron chi connectivity index (χ2n) is 3.67.